The second kappa shape index (κ2) is 5.13. The van der Waals surface area contributed by atoms with Gasteiger partial charge in [-0.15, -0.1) is 11.3 Å². The minimum atomic E-state index is -3.56. The predicted molar refractivity (Wildman–Crippen MR) is 77.8 cm³/mol. The first kappa shape index (κ1) is 15.5. The van der Waals surface area contributed by atoms with E-state index in [9.17, 15) is 13.2 Å². The van der Waals surface area contributed by atoms with Crippen molar-refractivity contribution < 1.29 is 18.3 Å². The number of thiophene rings is 1. The van der Waals surface area contributed by atoms with Gasteiger partial charge in [-0.05, 0) is 36.8 Å². The zero-order valence-corrected chi connectivity index (χ0v) is 13.5. The van der Waals surface area contributed by atoms with Crippen LogP contribution in [-0.2, 0) is 10.0 Å². The molecule has 0 bridgehead atoms. The highest BCUT2D eigenvalue weighted by molar-refractivity contribution is 7.91. The fourth-order valence-electron chi connectivity index (χ4n) is 2.25. The molecule has 1 fully saturated rings. The van der Waals surface area contributed by atoms with Crippen LogP contribution in [0.5, 0.6) is 0 Å². The van der Waals surface area contributed by atoms with Crippen LogP contribution < -0.4 is 0 Å². The number of rotatable bonds is 3. The third-order valence-electron chi connectivity index (χ3n) is 3.76. The molecule has 1 aliphatic rings. The fraction of sp³-hybridized carbons (Fsp3) is 0.615. The summed E-state index contributed by atoms with van der Waals surface area (Å²) in [5.74, 6) is -1.08. The summed E-state index contributed by atoms with van der Waals surface area (Å²) in [4.78, 5) is 11.1. The lowest BCUT2D eigenvalue weighted by Crippen LogP contribution is -2.40. The highest BCUT2D eigenvalue weighted by atomic mass is 32.2. The summed E-state index contributed by atoms with van der Waals surface area (Å²) >= 11 is 0.839. The van der Waals surface area contributed by atoms with Crippen LogP contribution in [0.15, 0.2) is 10.3 Å². The number of aromatic carboxylic acids is 1. The van der Waals surface area contributed by atoms with Crippen molar-refractivity contribution in [2.75, 3.05) is 13.1 Å². The Morgan fingerprint density at radius 2 is 1.90 bits per heavy atom. The van der Waals surface area contributed by atoms with E-state index in [2.05, 4.69) is 13.8 Å². The fourth-order valence-corrected chi connectivity index (χ4v) is 5.23. The van der Waals surface area contributed by atoms with Crippen LogP contribution in [0.2, 0.25) is 0 Å². The maximum atomic E-state index is 12.5. The Morgan fingerprint density at radius 3 is 2.35 bits per heavy atom. The van der Waals surface area contributed by atoms with E-state index in [1.165, 1.54) is 10.4 Å². The SMILES string of the molecule is Cc1cc(S(=O)(=O)N2CCC(C)(C)CC2)sc1C(=O)O. The molecule has 0 saturated carbocycles. The van der Waals surface area contributed by atoms with E-state index < -0.39 is 16.0 Å². The smallest absolute Gasteiger partial charge is 0.346 e. The standard InChI is InChI=1S/C13H19NO4S2/c1-9-8-10(19-11(9)12(15)16)20(17,18)14-6-4-13(2,3)5-7-14/h8H,4-7H2,1-3H3,(H,15,16). The lowest BCUT2D eigenvalue weighted by molar-refractivity contribution is 0.0701. The van der Waals surface area contributed by atoms with Crippen molar-refractivity contribution in [3.05, 3.63) is 16.5 Å². The van der Waals surface area contributed by atoms with Gasteiger partial charge in [-0.1, -0.05) is 13.8 Å². The van der Waals surface area contributed by atoms with E-state index in [1.807, 2.05) is 0 Å². The van der Waals surface area contributed by atoms with Crippen molar-refractivity contribution in [1.82, 2.24) is 4.31 Å². The number of carbonyl (C=O) groups is 1. The van der Waals surface area contributed by atoms with Gasteiger partial charge < -0.3 is 5.11 Å². The van der Waals surface area contributed by atoms with Gasteiger partial charge in [0.1, 0.15) is 9.09 Å². The summed E-state index contributed by atoms with van der Waals surface area (Å²) in [7, 11) is -3.56. The summed E-state index contributed by atoms with van der Waals surface area (Å²) in [5.41, 5.74) is 0.669. The van der Waals surface area contributed by atoms with Gasteiger partial charge in [0.15, 0.2) is 0 Å². The number of hydrogen-bond donors (Lipinski definition) is 1. The Kier molecular flexibility index (Phi) is 3.96. The highest BCUT2D eigenvalue weighted by Crippen LogP contribution is 2.34. The molecule has 2 rings (SSSR count). The van der Waals surface area contributed by atoms with E-state index in [1.54, 1.807) is 6.92 Å². The van der Waals surface area contributed by atoms with Crippen LogP contribution in [0.25, 0.3) is 0 Å². The van der Waals surface area contributed by atoms with Crippen molar-refractivity contribution in [3.63, 3.8) is 0 Å². The van der Waals surface area contributed by atoms with E-state index >= 15 is 0 Å². The molecule has 0 radical (unpaired) electrons. The van der Waals surface area contributed by atoms with Gasteiger partial charge in [0, 0.05) is 13.1 Å². The average molecular weight is 317 g/mol. The highest BCUT2D eigenvalue weighted by Gasteiger charge is 2.34. The maximum Gasteiger partial charge on any atom is 0.346 e. The quantitative estimate of drug-likeness (QED) is 0.929. The second-order valence-corrected chi connectivity index (χ2v) is 9.17. The number of hydrogen-bond acceptors (Lipinski definition) is 4. The molecule has 0 unspecified atom stereocenters. The molecule has 1 aliphatic heterocycles. The van der Waals surface area contributed by atoms with Crippen molar-refractivity contribution in [3.8, 4) is 0 Å². The Labute approximate surface area is 123 Å². The molecule has 112 valence electrons. The zero-order valence-electron chi connectivity index (χ0n) is 11.8. The van der Waals surface area contributed by atoms with Gasteiger partial charge >= 0.3 is 5.97 Å². The molecule has 1 aromatic rings. The number of nitrogens with zero attached hydrogens (tertiary/aromatic N) is 1. The number of aryl methyl sites for hydroxylation is 1. The minimum absolute atomic E-state index is 0.0981. The van der Waals surface area contributed by atoms with Gasteiger partial charge in [0.05, 0.1) is 0 Å². The molecule has 0 amide bonds. The molecule has 5 nitrogen and oxygen atoms in total. The molecule has 0 spiro atoms. The lowest BCUT2D eigenvalue weighted by Gasteiger charge is -2.35. The molecule has 0 aliphatic carbocycles. The van der Waals surface area contributed by atoms with E-state index in [0.29, 0.717) is 18.7 Å². The molecule has 20 heavy (non-hydrogen) atoms. The van der Waals surface area contributed by atoms with Crippen LogP contribution in [0, 0.1) is 12.3 Å². The summed E-state index contributed by atoms with van der Waals surface area (Å²) in [5, 5.41) is 9.03. The first-order chi connectivity index (χ1) is 9.13. The normalized spacial score (nSPS) is 19.9. The summed E-state index contributed by atoms with van der Waals surface area (Å²) < 4.78 is 26.7. The molecule has 7 heteroatoms. The van der Waals surface area contributed by atoms with Gasteiger partial charge in [0.2, 0.25) is 0 Å². The summed E-state index contributed by atoms with van der Waals surface area (Å²) in [6.07, 6.45) is 1.64. The first-order valence-electron chi connectivity index (χ1n) is 6.47. The first-order valence-corrected chi connectivity index (χ1v) is 8.73. The predicted octanol–water partition coefficient (Wildman–Crippen LogP) is 2.57. The van der Waals surface area contributed by atoms with Crippen molar-refractivity contribution >= 4 is 27.3 Å². The monoisotopic (exact) mass is 317 g/mol. The molecular formula is C13H19NO4S2. The molecule has 1 saturated heterocycles. The number of piperidine rings is 1. The van der Waals surface area contributed by atoms with E-state index in [4.69, 9.17) is 5.11 Å². The largest absolute Gasteiger partial charge is 0.477 e. The van der Waals surface area contributed by atoms with Crippen molar-refractivity contribution in [2.45, 2.75) is 37.8 Å². The summed E-state index contributed by atoms with van der Waals surface area (Å²) in [6.45, 7) is 6.88. The third kappa shape index (κ3) is 2.89. The molecule has 0 atom stereocenters. The van der Waals surface area contributed by atoms with Gasteiger partial charge in [-0.2, -0.15) is 4.31 Å². The van der Waals surface area contributed by atoms with Crippen LogP contribution in [0.4, 0.5) is 0 Å². The molecular weight excluding hydrogens is 298 g/mol. The van der Waals surface area contributed by atoms with E-state index in [0.717, 1.165) is 24.2 Å². The van der Waals surface area contributed by atoms with Gasteiger partial charge in [-0.25, -0.2) is 13.2 Å². The summed E-state index contributed by atoms with van der Waals surface area (Å²) in [6, 6.07) is 1.46. The van der Waals surface area contributed by atoms with Crippen LogP contribution in [-0.4, -0.2) is 36.9 Å². The second-order valence-electron chi connectivity index (χ2n) is 5.95. The number of carboxylic acid groups (broad SMARTS) is 1. The number of carboxylic acids is 1. The Morgan fingerprint density at radius 1 is 1.35 bits per heavy atom. The molecule has 2 heterocycles. The van der Waals surface area contributed by atoms with Crippen molar-refractivity contribution in [2.24, 2.45) is 5.41 Å². The van der Waals surface area contributed by atoms with Crippen LogP contribution in [0.3, 0.4) is 0 Å². The van der Waals surface area contributed by atoms with Gasteiger partial charge in [0.25, 0.3) is 10.0 Å². The molecule has 1 aromatic heterocycles. The topological polar surface area (TPSA) is 74.7 Å². The Balaban J connectivity index is 2.27. The maximum absolute atomic E-state index is 12.5. The molecule has 1 N–H and O–H groups in total. The minimum Gasteiger partial charge on any atom is -0.477 e. The van der Waals surface area contributed by atoms with Crippen molar-refractivity contribution in [1.29, 1.82) is 0 Å². The lowest BCUT2D eigenvalue weighted by atomic mass is 9.83. The van der Waals surface area contributed by atoms with E-state index in [-0.39, 0.29) is 14.5 Å². The third-order valence-corrected chi connectivity index (χ3v) is 7.33. The van der Waals surface area contributed by atoms with Gasteiger partial charge in [-0.3, -0.25) is 0 Å². The zero-order chi connectivity index (χ0) is 15.1. The Hall–Kier alpha value is -0.920. The molecule has 0 aromatic carbocycles. The van der Waals surface area contributed by atoms with Crippen LogP contribution in [0.1, 0.15) is 41.9 Å². The van der Waals surface area contributed by atoms with Crippen LogP contribution >= 0.6 is 11.3 Å². The average Bonchev–Trinajstić information content (AvgIpc) is 2.71. The Bertz CT molecular complexity index is 621. The number of sulfonamides is 1.